The van der Waals surface area contributed by atoms with Crippen molar-refractivity contribution in [1.29, 1.82) is 0 Å². The van der Waals surface area contributed by atoms with Gasteiger partial charge in [0.25, 0.3) is 5.91 Å². The summed E-state index contributed by atoms with van der Waals surface area (Å²) in [5.74, 6) is 0.340. The lowest BCUT2D eigenvalue weighted by Gasteiger charge is -2.07. The molecule has 0 bridgehead atoms. The van der Waals surface area contributed by atoms with Gasteiger partial charge in [0.1, 0.15) is 18.1 Å². The molecule has 0 aliphatic carbocycles. The van der Waals surface area contributed by atoms with Crippen LogP contribution in [-0.2, 0) is 20.9 Å². The Balaban J connectivity index is 1.41. The molecule has 0 aliphatic heterocycles. The van der Waals surface area contributed by atoms with E-state index in [0.717, 1.165) is 11.1 Å². The molecule has 0 radical (unpaired) electrons. The van der Waals surface area contributed by atoms with Gasteiger partial charge in [-0.05, 0) is 65.7 Å². The molecule has 6 nitrogen and oxygen atoms in total. The molecule has 0 aliphatic rings. The zero-order valence-corrected chi connectivity index (χ0v) is 18.2. The fraction of sp³-hybridized carbons (Fsp3) is 0.120. The summed E-state index contributed by atoms with van der Waals surface area (Å²) in [5.41, 5.74) is 2.39. The van der Waals surface area contributed by atoms with Crippen molar-refractivity contribution in [2.24, 2.45) is 0 Å². The highest BCUT2D eigenvalue weighted by atomic mass is 35.5. The average Bonchev–Trinajstić information content (AvgIpc) is 2.82. The SMILES string of the molecule is COc1ccc(NC(=O)COC(=O)/C=C/c2ccc(OCc3ccc(Cl)cc3)cc2)cc1. The van der Waals surface area contributed by atoms with Gasteiger partial charge in [-0.1, -0.05) is 35.9 Å². The molecule has 0 saturated heterocycles. The Morgan fingerprint density at radius 3 is 2.22 bits per heavy atom. The predicted octanol–water partition coefficient (Wildman–Crippen LogP) is 5.12. The van der Waals surface area contributed by atoms with E-state index in [-0.39, 0.29) is 6.61 Å². The highest BCUT2D eigenvalue weighted by Gasteiger charge is 2.06. The van der Waals surface area contributed by atoms with Crippen LogP contribution in [0.2, 0.25) is 5.02 Å². The maximum absolute atomic E-state index is 11.9. The van der Waals surface area contributed by atoms with Crippen LogP contribution >= 0.6 is 11.6 Å². The molecule has 0 aromatic heterocycles. The van der Waals surface area contributed by atoms with Crippen LogP contribution in [-0.4, -0.2) is 25.6 Å². The molecule has 0 atom stereocenters. The molecule has 7 heteroatoms. The van der Waals surface area contributed by atoms with Crippen LogP contribution in [0.3, 0.4) is 0 Å². The first kappa shape index (κ1) is 22.9. The monoisotopic (exact) mass is 451 g/mol. The standard InChI is InChI=1S/C25H22ClNO5/c1-30-22-13-9-21(10-14-22)27-24(28)17-32-25(29)15-6-18-4-11-23(12-5-18)31-16-19-2-7-20(26)8-3-19/h2-15H,16-17H2,1H3,(H,27,28)/b15-6+. The van der Waals surface area contributed by atoms with Gasteiger partial charge in [-0.2, -0.15) is 0 Å². The third-order valence-electron chi connectivity index (χ3n) is 4.33. The molecule has 164 valence electrons. The quantitative estimate of drug-likeness (QED) is 0.361. The summed E-state index contributed by atoms with van der Waals surface area (Å²) in [5, 5.41) is 3.32. The second-order valence-electron chi connectivity index (χ2n) is 6.70. The third kappa shape index (κ3) is 7.49. The van der Waals surface area contributed by atoms with Crippen molar-refractivity contribution in [2.45, 2.75) is 6.61 Å². The van der Waals surface area contributed by atoms with Gasteiger partial charge in [-0.25, -0.2) is 4.79 Å². The highest BCUT2D eigenvalue weighted by molar-refractivity contribution is 6.30. The van der Waals surface area contributed by atoms with Gasteiger partial charge in [0.2, 0.25) is 0 Å². The molecule has 0 fully saturated rings. The minimum atomic E-state index is -0.613. The molecule has 0 heterocycles. The fourth-order valence-corrected chi connectivity index (χ4v) is 2.77. The number of benzene rings is 3. The van der Waals surface area contributed by atoms with Crippen molar-refractivity contribution in [3.63, 3.8) is 0 Å². The van der Waals surface area contributed by atoms with E-state index in [1.807, 2.05) is 48.5 Å². The van der Waals surface area contributed by atoms with E-state index < -0.39 is 11.9 Å². The van der Waals surface area contributed by atoms with Crippen molar-refractivity contribution in [2.75, 3.05) is 19.0 Å². The van der Waals surface area contributed by atoms with Crippen LogP contribution in [0.15, 0.2) is 78.9 Å². The topological polar surface area (TPSA) is 73.9 Å². The smallest absolute Gasteiger partial charge is 0.331 e. The zero-order valence-electron chi connectivity index (χ0n) is 17.4. The van der Waals surface area contributed by atoms with E-state index in [0.29, 0.717) is 28.8 Å². The summed E-state index contributed by atoms with van der Waals surface area (Å²) in [6.45, 7) is 0.0456. The Morgan fingerprint density at radius 1 is 0.906 bits per heavy atom. The molecular formula is C25H22ClNO5. The molecule has 3 rings (SSSR count). The number of halogens is 1. The summed E-state index contributed by atoms with van der Waals surface area (Å²) in [6, 6.07) is 21.5. The number of ether oxygens (including phenoxy) is 3. The van der Waals surface area contributed by atoms with Gasteiger partial charge < -0.3 is 19.5 Å². The first-order chi connectivity index (χ1) is 15.5. The van der Waals surface area contributed by atoms with Gasteiger partial charge in [-0.3, -0.25) is 4.79 Å². The maximum atomic E-state index is 11.9. The Hall–Kier alpha value is -3.77. The third-order valence-corrected chi connectivity index (χ3v) is 4.58. The Kier molecular flexibility index (Phi) is 8.29. The number of anilines is 1. The second kappa shape index (κ2) is 11.6. The summed E-state index contributed by atoms with van der Waals surface area (Å²) < 4.78 is 15.8. The molecule has 32 heavy (non-hydrogen) atoms. The average molecular weight is 452 g/mol. The number of amides is 1. The van der Waals surface area contributed by atoms with Crippen molar-refractivity contribution in [3.05, 3.63) is 95.0 Å². The fourth-order valence-electron chi connectivity index (χ4n) is 2.64. The van der Waals surface area contributed by atoms with Crippen molar-refractivity contribution >= 4 is 35.2 Å². The van der Waals surface area contributed by atoms with E-state index in [1.54, 1.807) is 37.5 Å². The van der Waals surface area contributed by atoms with Gasteiger partial charge >= 0.3 is 5.97 Å². The number of carbonyl (C=O) groups excluding carboxylic acids is 2. The van der Waals surface area contributed by atoms with Gasteiger partial charge in [0.15, 0.2) is 6.61 Å². The molecule has 0 spiro atoms. The van der Waals surface area contributed by atoms with Gasteiger partial charge in [0, 0.05) is 16.8 Å². The lowest BCUT2D eigenvalue weighted by molar-refractivity contribution is -0.142. The molecule has 0 saturated carbocycles. The van der Waals surface area contributed by atoms with Crippen LogP contribution in [0.4, 0.5) is 5.69 Å². The first-order valence-electron chi connectivity index (χ1n) is 9.78. The van der Waals surface area contributed by atoms with Crippen LogP contribution in [0.25, 0.3) is 6.08 Å². The number of rotatable bonds is 9. The normalized spacial score (nSPS) is 10.6. The second-order valence-corrected chi connectivity index (χ2v) is 7.14. The molecule has 0 unspecified atom stereocenters. The summed E-state index contributed by atoms with van der Waals surface area (Å²) in [6.07, 6.45) is 2.87. The van der Waals surface area contributed by atoms with Crippen molar-refractivity contribution in [1.82, 2.24) is 0 Å². The van der Waals surface area contributed by atoms with E-state index >= 15 is 0 Å². The molecule has 3 aromatic carbocycles. The first-order valence-corrected chi connectivity index (χ1v) is 10.2. The Bertz CT molecular complexity index is 1060. The van der Waals surface area contributed by atoms with Crippen LogP contribution in [0, 0.1) is 0 Å². The van der Waals surface area contributed by atoms with Crippen molar-refractivity contribution < 1.29 is 23.8 Å². The zero-order chi connectivity index (χ0) is 22.8. The largest absolute Gasteiger partial charge is 0.497 e. The van der Waals surface area contributed by atoms with Crippen molar-refractivity contribution in [3.8, 4) is 11.5 Å². The van der Waals surface area contributed by atoms with E-state index in [2.05, 4.69) is 5.32 Å². The number of hydrogen-bond donors (Lipinski definition) is 1. The number of hydrogen-bond acceptors (Lipinski definition) is 5. The lowest BCUT2D eigenvalue weighted by Crippen LogP contribution is -2.20. The van der Waals surface area contributed by atoms with E-state index in [9.17, 15) is 9.59 Å². The van der Waals surface area contributed by atoms with Gasteiger partial charge in [0.05, 0.1) is 7.11 Å². The summed E-state index contributed by atoms with van der Waals surface area (Å²) in [4.78, 5) is 23.8. The van der Waals surface area contributed by atoms with Crippen LogP contribution in [0.1, 0.15) is 11.1 Å². The minimum Gasteiger partial charge on any atom is -0.497 e. The highest BCUT2D eigenvalue weighted by Crippen LogP contribution is 2.17. The predicted molar refractivity (Wildman–Crippen MR) is 124 cm³/mol. The number of esters is 1. The molecule has 1 N–H and O–H groups in total. The Morgan fingerprint density at radius 2 is 1.56 bits per heavy atom. The van der Waals surface area contributed by atoms with Crippen LogP contribution in [0.5, 0.6) is 11.5 Å². The van der Waals surface area contributed by atoms with Gasteiger partial charge in [-0.15, -0.1) is 0 Å². The Labute approximate surface area is 191 Å². The minimum absolute atomic E-state index is 0.382. The maximum Gasteiger partial charge on any atom is 0.331 e. The van der Waals surface area contributed by atoms with Crippen LogP contribution < -0.4 is 14.8 Å². The number of methoxy groups -OCH3 is 1. The molecule has 1 amide bonds. The molecule has 3 aromatic rings. The lowest BCUT2D eigenvalue weighted by atomic mass is 10.2. The van der Waals surface area contributed by atoms with E-state index in [4.69, 9.17) is 25.8 Å². The molecular weight excluding hydrogens is 430 g/mol. The van der Waals surface area contributed by atoms with E-state index in [1.165, 1.54) is 6.08 Å². The summed E-state index contributed by atoms with van der Waals surface area (Å²) >= 11 is 5.87. The number of carbonyl (C=O) groups is 2. The number of nitrogens with one attached hydrogen (secondary N) is 1. The summed E-state index contributed by atoms with van der Waals surface area (Å²) in [7, 11) is 1.56.